The number of halogens is 1. The van der Waals surface area contributed by atoms with Crippen LogP contribution >= 0.6 is 11.6 Å². The molecule has 1 saturated carbocycles. The average Bonchev–Trinajstić information content (AvgIpc) is 3.37. The Morgan fingerprint density at radius 2 is 1.94 bits per heavy atom. The van der Waals surface area contributed by atoms with Gasteiger partial charge in [0.25, 0.3) is 11.8 Å². The molecule has 0 aromatic heterocycles. The van der Waals surface area contributed by atoms with Gasteiger partial charge in [0.1, 0.15) is 30.5 Å². The van der Waals surface area contributed by atoms with Crippen LogP contribution < -0.4 is 15.4 Å². The Kier molecular flexibility index (Phi) is 6.24. The van der Waals surface area contributed by atoms with Crippen molar-refractivity contribution in [2.75, 3.05) is 25.1 Å². The maximum Gasteiger partial charge on any atom is 0.262 e. The standard InChI is InChI=1S/C24H28ClN3O6/c1-12-2-4-13(5-3-12)20(24(32)28-9-15(25)22-21(28)17(29)10-34-22)27-23(31)14-6-7-16-18(8-14)33-11-19(30)26-16/h6-8,12-13,15,20-22H,2-5,9-11H2,1H3,(H,26,30)(H,27,31)/t12?,13?,15-,20-,21+,22+/m0/s1. The normalized spacial score (nSPS) is 31.2. The number of likely N-dealkylation sites (tertiary alicyclic amines) is 1. The minimum atomic E-state index is -0.771. The molecule has 1 aromatic rings. The molecule has 3 fully saturated rings. The van der Waals surface area contributed by atoms with Crippen molar-refractivity contribution in [3.8, 4) is 5.75 Å². The summed E-state index contributed by atoms with van der Waals surface area (Å²) in [5.41, 5.74) is 0.823. The van der Waals surface area contributed by atoms with Gasteiger partial charge in [-0.05, 0) is 42.9 Å². The number of amides is 3. The first-order chi connectivity index (χ1) is 16.3. The second kappa shape index (κ2) is 9.19. The third kappa shape index (κ3) is 4.27. The van der Waals surface area contributed by atoms with Crippen LogP contribution in [0.1, 0.15) is 43.0 Å². The van der Waals surface area contributed by atoms with Crippen molar-refractivity contribution in [2.45, 2.75) is 56.2 Å². The highest BCUT2D eigenvalue weighted by atomic mass is 35.5. The third-order valence-electron chi connectivity index (χ3n) is 7.37. The van der Waals surface area contributed by atoms with E-state index in [2.05, 4.69) is 17.6 Å². The Balaban J connectivity index is 1.38. The predicted molar refractivity (Wildman–Crippen MR) is 123 cm³/mol. The fourth-order valence-electron chi connectivity index (χ4n) is 5.44. The van der Waals surface area contributed by atoms with E-state index in [0.717, 1.165) is 25.7 Å². The number of Topliss-reactive ketones (excluding diaryl/α,β-unsaturated/α-hetero) is 1. The molecule has 3 heterocycles. The van der Waals surface area contributed by atoms with Gasteiger partial charge in [0.05, 0.1) is 11.1 Å². The number of ketones is 1. The van der Waals surface area contributed by atoms with Gasteiger partial charge < -0.3 is 25.0 Å². The van der Waals surface area contributed by atoms with Crippen molar-refractivity contribution in [1.82, 2.24) is 10.2 Å². The number of hydrogen-bond acceptors (Lipinski definition) is 6. The first-order valence-corrected chi connectivity index (χ1v) is 12.2. The Bertz CT molecular complexity index is 1020. The first-order valence-electron chi connectivity index (χ1n) is 11.8. The zero-order chi connectivity index (χ0) is 24.0. The second-order valence-corrected chi connectivity index (χ2v) is 10.3. The van der Waals surface area contributed by atoms with E-state index in [1.807, 2.05) is 0 Å². The van der Waals surface area contributed by atoms with E-state index < -0.39 is 29.5 Å². The lowest BCUT2D eigenvalue weighted by Gasteiger charge is -2.35. The Morgan fingerprint density at radius 1 is 1.18 bits per heavy atom. The van der Waals surface area contributed by atoms with E-state index in [1.54, 1.807) is 18.2 Å². The molecule has 10 heteroatoms. The number of nitrogens with one attached hydrogen (secondary N) is 2. The van der Waals surface area contributed by atoms with Crippen LogP contribution in [0.5, 0.6) is 5.75 Å². The number of carbonyl (C=O) groups excluding carboxylic acids is 4. The number of fused-ring (bicyclic) bond motifs is 2. The summed E-state index contributed by atoms with van der Waals surface area (Å²) in [7, 11) is 0. The molecule has 0 spiro atoms. The van der Waals surface area contributed by atoms with Crippen molar-refractivity contribution in [2.24, 2.45) is 11.8 Å². The lowest BCUT2D eigenvalue weighted by atomic mass is 9.78. The molecule has 9 nitrogen and oxygen atoms in total. The number of alkyl halides is 1. The van der Waals surface area contributed by atoms with E-state index in [9.17, 15) is 19.2 Å². The van der Waals surface area contributed by atoms with Crippen LogP contribution in [0, 0.1) is 11.8 Å². The van der Waals surface area contributed by atoms with Crippen LogP contribution in [0.25, 0.3) is 0 Å². The van der Waals surface area contributed by atoms with E-state index in [-0.39, 0.29) is 43.3 Å². The maximum absolute atomic E-state index is 13.8. The molecule has 4 atom stereocenters. The predicted octanol–water partition coefficient (Wildman–Crippen LogP) is 1.73. The van der Waals surface area contributed by atoms with Gasteiger partial charge in [-0.2, -0.15) is 0 Å². The zero-order valence-corrected chi connectivity index (χ0v) is 19.7. The highest BCUT2D eigenvalue weighted by Crippen LogP contribution is 2.35. The molecule has 1 aliphatic carbocycles. The van der Waals surface area contributed by atoms with Crippen LogP contribution in [0.3, 0.4) is 0 Å². The lowest BCUT2D eigenvalue weighted by Crippen LogP contribution is -2.55. The number of ether oxygens (including phenoxy) is 2. The summed E-state index contributed by atoms with van der Waals surface area (Å²) in [5, 5.41) is 5.18. The van der Waals surface area contributed by atoms with Crippen LogP contribution in [-0.4, -0.2) is 71.7 Å². The molecule has 5 rings (SSSR count). The number of benzene rings is 1. The Hall–Kier alpha value is -2.65. The summed E-state index contributed by atoms with van der Waals surface area (Å²) in [6, 6.07) is 3.29. The molecule has 0 unspecified atom stereocenters. The molecule has 34 heavy (non-hydrogen) atoms. The van der Waals surface area contributed by atoms with Gasteiger partial charge in [-0.3, -0.25) is 19.2 Å². The molecular weight excluding hydrogens is 462 g/mol. The average molecular weight is 490 g/mol. The fraction of sp³-hybridized carbons (Fsp3) is 0.583. The first kappa shape index (κ1) is 23.1. The zero-order valence-electron chi connectivity index (χ0n) is 18.9. The molecule has 2 N–H and O–H groups in total. The number of hydrogen-bond donors (Lipinski definition) is 2. The molecule has 182 valence electrons. The second-order valence-electron chi connectivity index (χ2n) is 9.71. The summed E-state index contributed by atoms with van der Waals surface area (Å²) < 4.78 is 11.0. The van der Waals surface area contributed by atoms with E-state index >= 15 is 0 Å². The van der Waals surface area contributed by atoms with Crippen LogP contribution in [-0.2, 0) is 19.1 Å². The van der Waals surface area contributed by atoms with Crippen molar-refractivity contribution in [3.05, 3.63) is 23.8 Å². The highest BCUT2D eigenvalue weighted by molar-refractivity contribution is 6.22. The van der Waals surface area contributed by atoms with Gasteiger partial charge in [0, 0.05) is 12.1 Å². The molecule has 1 aromatic carbocycles. The third-order valence-corrected chi connectivity index (χ3v) is 7.75. The van der Waals surface area contributed by atoms with Crippen molar-refractivity contribution in [1.29, 1.82) is 0 Å². The van der Waals surface area contributed by atoms with Crippen LogP contribution in [0.2, 0.25) is 0 Å². The summed E-state index contributed by atoms with van der Waals surface area (Å²) >= 11 is 6.40. The number of carbonyl (C=O) groups is 4. The van der Waals surface area contributed by atoms with Crippen LogP contribution in [0.15, 0.2) is 18.2 Å². The van der Waals surface area contributed by atoms with Gasteiger partial charge >= 0.3 is 0 Å². The Labute approximate surface area is 202 Å². The highest BCUT2D eigenvalue weighted by Gasteiger charge is 2.53. The van der Waals surface area contributed by atoms with E-state index in [1.165, 1.54) is 4.90 Å². The summed E-state index contributed by atoms with van der Waals surface area (Å²) in [5.74, 6) is -0.164. The van der Waals surface area contributed by atoms with Gasteiger partial charge in [0.2, 0.25) is 5.91 Å². The summed E-state index contributed by atoms with van der Waals surface area (Å²) in [6.45, 7) is 2.23. The summed E-state index contributed by atoms with van der Waals surface area (Å²) in [4.78, 5) is 52.5. The topological polar surface area (TPSA) is 114 Å². The number of anilines is 1. The van der Waals surface area contributed by atoms with Gasteiger partial charge in [0.15, 0.2) is 12.4 Å². The van der Waals surface area contributed by atoms with Gasteiger partial charge in [-0.15, -0.1) is 11.6 Å². The molecule has 4 aliphatic rings. The lowest BCUT2D eigenvalue weighted by molar-refractivity contribution is -0.139. The number of nitrogens with zero attached hydrogens (tertiary/aromatic N) is 1. The van der Waals surface area contributed by atoms with Crippen molar-refractivity contribution < 1.29 is 28.7 Å². The van der Waals surface area contributed by atoms with Crippen molar-refractivity contribution in [3.63, 3.8) is 0 Å². The minimum Gasteiger partial charge on any atom is -0.482 e. The smallest absolute Gasteiger partial charge is 0.262 e. The maximum atomic E-state index is 13.8. The molecule has 0 bridgehead atoms. The molecule has 3 aliphatic heterocycles. The minimum absolute atomic E-state index is 0.0361. The molecule has 3 amide bonds. The van der Waals surface area contributed by atoms with Gasteiger partial charge in [-0.25, -0.2) is 0 Å². The SMILES string of the molecule is CC1CCC([C@H](NC(=O)c2ccc3c(c2)OCC(=O)N3)C(=O)N2C[C@H](Cl)[C@H]3OCC(=O)[C@H]32)CC1. The number of rotatable bonds is 4. The monoisotopic (exact) mass is 489 g/mol. The fourth-order valence-corrected chi connectivity index (χ4v) is 5.80. The molecular formula is C24H28ClN3O6. The van der Waals surface area contributed by atoms with Crippen LogP contribution in [0.4, 0.5) is 5.69 Å². The van der Waals surface area contributed by atoms with E-state index in [0.29, 0.717) is 22.9 Å². The molecule has 0 radical (unpaired) electrons. The largest absolute Gasteiger partial charge is 0.482 e. The van der Waals surface area contributed by atoms with Crippen molar-refractivity contribution >= 4 is 40.8 Å². The molecule has 2 saturated heterocycles. The van der Waals surface area contributed by atoms with Gasteiger partial charge in [-0.1, -0.05) is 19.8 Å². The van der Waals surface area contributed by atoms with E-state index in [4.69, 9.17) is 21.1 Å². The summed E-state index contributed by atoms with van der Waals surface area (Å²) in [6.07, 6.45) is 3.07. The Morgan fingerprint density at radius 3 is 2.71 bits per heavy atom. The quantitative estimate of drug-likeness (QED) is 0.622.